The molecule has 0 N–H and O–H groups in total. The molecule has 0 spiro atoms. The van der Waals surface area contributed by atoms with E-state index in [9.17, 15) is 4.79 Å². The van der Waals surface area contributed by atoms with Gasteiger partial charge in [-0.2, -0.15) is 0 Å². The van der Waals surface area contributed by atoms with Crippen LogP contribution in [0.2, 0.25) is 0 Å². The van der Waals surface area contributed by atoms with Crippen molar-refractivity contribution in [2.24, 2.45) is 11.3 Å². The number of likely N-dealkylation sites (tertiary alicyclic amines) is 2. The molecule has 1 amide bonds. The topological polar surface area (TPSA) is 32.8 Å². The predicted octanol–water partition coefficient (Wildman–Crippen LogP) is 3.77. The van der Waals surface area contributed by atoms with Crippen molar-refractivity contribution in [3.05, 3.63) is 35.9 Å². The Labute approximate surface area is 145 Å². The fourth-order valence-corrected chi connectivity index (χ4v) is 4.13. The summed E-state index contributed by atoms with van der Waals surface area (Å²) in [6.45, 7) is 12.9. The lowest BCUT2D eigenvalue weighted by Crippen LogP contribution is -2.50. The fourth-order valence-electron chi connectivity index (χ4n) is 4.13. The van der Waals surface area contributed by atoms with E-state index >= 15 is 0 Å². The largest absolute Gasteiger partial charge is 0.444 e. The molecule has 1 aromatic rings. The Morgan fingerprint density at radius 2 is 1.96 bits per heavy atom. The van der Waals surface area contributed by atoms with Crippen LogP contribution in [0.5, 0.6) is 0 Å². The van der Waals surface area contributed by atoms with E-state index in [0.717, 1.165) is 39.1 Å². The van der Waals surface area contributed by atoms with E-state index in [1.807, 2.05) is 25.7 Å². The number of ether oxygens (including phenoxy) is 1. The van der Waals surface area contributed by atoms with Crippen LogP contribution in [0.15, 0.2) is 30.3 Å². The molecule has 0 bridgehead atoms. The highest BCUT2D eigenvalue weighted by Crippen LogP contribution is 2.42. The Hall–Kier alpha value is -1.55. The molecule has 2 aliphatic rings. The molecule has 2 heterocycles. The highest BCUT2D eigenvalue weighted by molar-refractivity contribution is 5.68. The molecule has 2 fully saturated rings. The Bertz CT molecular complexity index is 581. The first-order chi connectivity index (χ1) is 11.3. The number of benzene rings is 1. The third kappa shape index (κ3) is 3.92. The third-order valence-electron chi connectivity index (χ3n) is 5.25. The molecule has 24 heavy (non-hydrogen) atoms. The Morgan fingerprint density at radius 3 is 2.62 bits per heavy atom. The van der Waals surface area contributed by atoms with Crippen LogP contribution in [-0.2, 0) is 11.3 Å². The molecule has 1 aromatic carbocycles. The minimum absolute atomic E-state index is 0.163. The molecule has 2 aliphatic heterocycles. The van der Waals surface area contributed by atoms with Gasteiger partial charge in [-0.3, -0.25) is 4.90 Å². The molecule has 2 saturated heterocycles. The van der Waals surface area contributed by atoms with E-state index in [1.54, 1.807) is 0 Å². The SMILES string of the molecule is CC(C)(C)OC(=O)N1CC[C@@H]2CN(Cc3ccccc3)C[C@]2(C)C1. The average molecular weight is 330 g/mol. The number of hydrogen-bond acceptors (Lipinski definition) is 3. The second kappa shape index (κ2) is 6.40. The normalized spacial score (nSPS) is 27.8. The number of fused-ring (bicyclic) bond motifs is 1. The molecule has 2 atom stereocenters. The van der Waals surface area contributed by atoms with E-state index in [4.69, 9.17) is 4.74 Å². The van der Waals surface area contributed by atoms with Gasteiger partial charge >= 0.3 is 6.09 Å². The van der Waals surface area contributed by atoms with Crippen LogP contribution in [0, 0.1) is 11.3 Å². The third-order valence-corrected chi connectivity index (χ3v) is 5.25. The van der Waals surface area contributed by atoms with Crippen LogP contribution in [0.1, 0.15) is 39.7 Å². The maximum absolute atomic E-state index is 12.4. The van der Waals surface area contributed by atoms with Gasteiger partial charge in [-0.05, 0) is 38.7 Å². The minimum Gasteiger partial charge on any atom is -0.444 e. The molecule has 4 heteroatoms. The van der Waals surface area contributed by atoms with Crippen molar-refractivity contribution < 1.29 is 9.53 Å². The summed E-state index contributed by atoms with van der Waals surface area (Å²) in [6, 6.07) is 10.6. The highest BCUT2D eigenvalue weighted by atomic mass is 16.6. The van der Waals surface area contributed by atoms with Crippen LogP contribution in [0.4, 0.5) is 4.79 Å². The maximum Gasteiger partial charge on any atom is 0.410 e. The van der Waals surface area contributed by atoms with Crippen LogP contribution in [0.3, 0.4) is 0 Å². The second-order valence-electron chi connectivity index (χ2n) is 8.70. The molecule has 132 valence electrons. The first kappa shape index (κ1) is 17.3. The van der Waals surface area contributed by atoms with Crippen LogP contribution in [-0.4, -0.2) is 47.7 Å². The van der Waals surface area contributed by atoms with Crippen molar-refractivity contribution in [2.75, 3.05) is 26.2 Å². The summed E-state index contributed by atoms with van der Waals surface area (Å²) in [6.07, 6.45) is 0.907. The summed E-state index contributed by atoms with van der Waals surface area (Å²) in [5.74, 6) is 0.667. The Morgan fingerprint density at radius 1 is 1.25 bits per heavy atom. The zero-order valence-electron chi connectivity index (χ0n) is 15.4. The minimum atomic E-state index is -0.427. The zero-order valence-corrected chi connectivity index (χ0v) is 15.4. The number of carbonyl (C=O) groups excluding carboxylic acids is 1. The quantitative estimate of drug-likeness (QED) is 0.827. The van der Waals surface area contributed by atoms with Gasteiger partial charge in [-0.15, -0.1) is 0 Å². The first-order valence-corrected chi connectivity index (χ1v) is 8.99. The van der Waals surface area contributed by atoms with Gasteiger partial charge < -0.3 is 9.64 Å². The summed E-state index contributed by atoms with van der Waals surface area (Å²) in [4.78, 5) is 16.9. The molecule has 0 unspecified atom stereocenters. The summed E-state index contributed by atoms with van der Waals surface area (Å²) in [5.41, 5.74) is 1.11. The number of carbonyl (C=O) groups is 1. The maximum atomic E-state index is 12.4. The van der Waals surface area contributed by atoms with E-state index in [2.05, 4.69) is 42.2 Å². The first-order valence-electron chi connectivity index (χ1n) is 8.99. The molecule has 0 radical (unpaired) electrons. The second-order valence-corrected chi connectivity index (χ2v) is 8.70. The van der Waals surface area contributed by atoms with E-state index < -0.39 is 5.60 Å². The standard InChI is InChI=1S/C20H30N2O2/c1-19(2,3)24-18(23)22-11-10-17-13-21(14-20(17,4)15-22)12-16-8-6-5-7-9-16/h5-9,17H,10-15H2,1-4H3/t17-,20-/m1/s1. The predicted molar refractivity (Wildman–Crippen MR) is 95.7 cm³/mol. The average Bonchev–Trinajstić information content (AvgIpc) is 2.81. The number of nitrogens with zero attached hydrogens (tertiary/aromatic N) is 2. The fraction of sp³-hybridized carbons (Fsp3) is 0.650. The van der Waals surface area contributed by atoms with Gasteiger partial charge in [-0.25, -0.2) is 4.79 Å². The Kier molecular flexibility index (Phi) is 4.60. The smallest absolute Gasteiger partial charge is 0.410 e. The van der Waals surface area contributed by atoms with E-state index in [0.29, 0.717) is 5.92 Å². The summed E-state index contributed by atoms with van der Waals surface area (Å²) in [7, 11) is 0. The van der Waals surface area contributed by atoms with Crippen LogP contribution >= 0.6 is 0 Å². The van der Waals surface area contributed by atoms with Gasteiger partial charge in [0.2, 0.25) is 0 Å². The molecular formula is C20H30N2O2. The summed E-state index contributed by atoms with van der Waals surface area (Å²) in [5, 5.41) is 0. The molecule has 0 aromatic heterocycles. The zero-order chi connectivity index (χ0) is 17.4. The lowest BCUT2D eigenvalue weighted by atomic mass is 9.75. The van der Waals surface area contributed by atoms with Crippen molar-refractivity contribution in [1.29, 1.82) is 0 Å². The number of hydrogen-bond donors (Lipinski definition) is 0. The van der Waals surface area contributed by atoms with Gasteiger partial charge in [0, 0.05) is 38.1 Å². The molecule has 0 saturated carbocycles. The highest BCUT2D eigenvalue weighted by Gasteiger charge is 2.47. The molecule has 4 nitrogen and oxygen atoms in total. The Balaban J connectivity index is 1.62. The number of amides is 1. The van der Waals surface area contributed by atoms with Crippen molar-refractivity contribution in [3.8, 4) is 0 Å². The van der Waals surface area contributed by atoms with Gasteiger partial charge in [0.05, 0.1) is 0 Å². The molecule has 0 aliphatic carbocycles. The lowest BCUT2D eigenvalue weighted by molar-refractivity contribution is 0.00106. The van der Waals surface area contributed by atoms with Crippen LogP contribution in [0.25, 0.3) is 0 Å². The van der Waals surface area contributed by atoms with Crippen molar-refractivity contribution >= 4 is 6.09 Å². The van der Waals surface area contributed by atoms with E-state index in [-0.39, 0.29) is 11.5 Å². The van der Waals surface area contributed by atoms with Gasteiger partial charge in [0.1, 0.15) is 5.60 Å². The number of piperidine rings is 1. The number of rotatable bonds is 2. The monoisotopic (exact) mass is 330 g/mol. The van der Waals surface area contributed by atoms with Gasteiger partial charge in [0.15, 0.2) is 0 Å². The van der Waals surface area contributed by atoms with Gasteiger partial charge in [-0.1, -0.05) is 37.3 Å². The van der Waals surface area contributed by atoms with Crippen molar-refractivity contribution in [1.82, 2.24) is 9.80 Å². The summed E-state index contributed by atoms with van der Waals surface area (Å²) >= 11 is 0. The van der Waals surface area contributed by atoms with Crippen molar-refractivity contribution in [2.45, 2.75) is 46.3 Å². The molecular weight excluding hydrogens is 300 g/mol. The van der Waals surface area contributed by atoms with E-state index in [1.165, 1.54) is 5.56 Å². The lowest BCUT2D eigenvalue weighted by Gasteiger charge is -2.42. The van der Waals surface area contributed by atoms with Gasteiger partial charge in [0.25, 0.3) is 0 Å². The summed E-state index contributed by atoms with van der Waals surface area (Å²) < 4.78 is 5.57. The van der Waals surface area contributed by atoms with Crippen LogP contribution < -0.4 is 0 Å². The van der Waals surface area contributed by atoms with Crippen molar-refractivity contribution in [3.63, 3.8) is 0 Å². The molecule has 3 rings (SSSR count).